The second kappa shape index (κ2) is 8.99. The predicted molar refractivity (Wildman–Crippen MR) is 109 cm³/mol. The normalized spacial score (nSPS) is 11.5. The Morgan fingerprint density at radius 2 is 1.87 bits per heavy atom. The van der Waals surface area contributed by atoms with Crippen LogP contribution >= 0.6 is 0 Å². The molecule has 0 aliphatic carbocycles. The van der Waals surface area contributed by atoms with Gasteiger partial charge in [0.25, 0.3) is 11.8 Å². The number of methoxy groups -OCH3 is 1. The number of primary amides is 1. The lowest BCUT2D eigenvalue weighted by Crippen LogP contribution is -2.47. The molecule has 0 saturated heterocycles. The SMILES string of the molecule is COc1cccc(-c2nn(C)cc2C(=O)NC(Cc2ccccc2)C(=O)C(N)=O)n1. The molecule has 0 aliphatic heterocycles. The van der Waals surface area contributed by atoms with Crippen LogP contribution in [-0.4, -0.2) is 45.5 Å². The van der Waals surface area contributed by atoms with Crippen molar-refractivity contribution < 1.29 is 19.1 Å². The van der Waals surface area contributed by atoms with Crippen LogP contribution in [0.4, 0.5) is 0 Å². The van der Waals surface area contributed by atoms with Crippen LogP contribution < -0.4 is 15.8 Å². The molecule has 1 aromatic carbocycles. The van der Waals surface area contributed by atoms with Crippen molar-refractivity contribution in [3.63, 3.8) is 0 Å². The van der Waals surface area contributed by atoms with Gasteiger partial charge in [-0.05, 0) is 11.6 Å². The van der Waals surface area contributed by atoms with E-state index in [-0.39, 0.29) is 12.0 Å². The fraction of sp³-hybridized carbons (Fsp3) is 0.190. The summed E-state index contributed by atoms with van der Waals surface area (Å²) in [4.78, 5) is 41.1. The Balaban J connectivity index is 1.90. The minimum atomic E-state index is -1.11. The number of rotatable bonds is 8. The van der Waals surface area contributed by atoms with Crippen molar-refractivity contribution in [1.29, 1.82) is 0 Å². The number of nitrogens with two attached hydrogens (primary N) is 1. The number of Topliss-reactive ketones (excluding diaryl/α,β-unsaturated/α-hetero) is 1. The first kappa shape index (κ1) is 20.7. The lowest BCUT2D eigenvalue weighted by molar-refractivity contribution is -0.137. The van der Waals surface area contributed by atoms with E-state index in [1.165, 1.54) is 18.0 Å². The van der Waals surface area contributed by atoms with E-state index in [1.807, 2.05) is 6.07 Å². The van der Waals surface area contributed by atoms with Crippen molar-refractivity contribution in [2.24, 2.45) is 12.8 Å². The summed E-state index contributed by atoms with van der Waals surface area (Å²) in [6, 6.07) is 13.0. The van der Waals surface area contributed by atoms with Gasteiger partial charge in [0.05, 0.1) is 18.4 Å². The second-order valence-electron chi connectivity index (χ2n) is 6.57. The van der Waals surface area contributed by atoms with E-state index < -0.39 is 23.6 Å². The fourth-order valence-electron chi connectivity index (χ4n) is 2.97. The predicted octanol–water partition coefficient (Wildman–Crippen LogP) is 0.886. The Labute approximate surface area is 172 Å². The molecular formula is C21H21N5O4. The Hall–Kier alpha value is -4.01. The third-order valence-corrected chi connectivity index (χ3v) is 4.40. The molecule has 1 atom stereocenters. The summed E-state index contributed by atoms with van der Waals surface area (Å²) in [7, 11) is 3.15. The van der Waals surface area contributed by atoms with Crippen LogP contribution in [-0.2, 0) is 23.1 Å². The molecule has 2 amide bonds. The summed E-state index contributed by atoms with van der Waals surface area (Å²) < 4.78 is 6.60. The summed E-state index contributed by atoms with van der Waals surface area (Å²) in [5, 5.41) is 6.92. The number of amides is 2. The standard InChI is InChI=1S/C21H21N5O4/c1-26-12-14(18(25-26)15-9-6-10-17(23-15)30-2)21(29)24-16(19(27)20(22)28)11-13-7-4-3-5-8-13/h3-10,12,16H,11H2,1-2H3,(H2,22,28)(H,24,29). The molecule has 3 aromatic rings. The Morgan fingerprint density at radius 3 is 2.53 bits per heavy atom. The van der Waals surface area contributed by atoms with Gasteiger partial charge in [0.2, 0.25) is 11.7 Å². The van der Waals surface area contributed by atoms with E-state index in [4.69, 9.17) is 10.5 Å². The average molecular weight is 407 g/mol. The summed E-state index contributed by atoms with van der Waals surface area (Å²) in [6.45, 7) is 0. The molecule has 0 radical (unpaired) electrons. The molecule has 0 saturated carbocycles. The first-order chi connectivity index (χ1) is 14.4. The number of aromatic nitrogens is 3. The number of carbonyl (C=O) groups excluding carboxylic acids is 3. The van der Waals surface area contributed by atoms with Crippen molar-refractivity contribution in [3.05, 3.63) is 65.9 Å². The largest absolute Gasteiger partial charge is 0.481 e. The number of aryl methyl sites for hydroxylation is 1. The monoisotopic (exact) mass is 407 g/mol. The molecule has 0 bridgehead atoms. The minimum Gasteiger partial charge on any atom is -0.481 e. The molecule has 9 heteroatoms. The van der Waals surface area contributed by atoms with Crippen LogP contribution in [0.15, 0.2) is 54.7 Å². The summed E-state index contributed by atoms with van der Waals surface area (Å²) in [6.07, 6.45) is 1.64. The van der Waals surface area contributed by atoms with Crippen LogP contribution in [0.5, 0.6) is 5.88 Å². The van der Waals surface area contributed by atoms with E-state index >= 15 is 0 Å². The fourth-order valence-corrected chi connectivity index (χ4v) is 2.97. The van der Waals surface area contributed by atoms with Crippen LogP contribution in [0.3, 0.4) is 0 Å². The first-order valence-electron chi connectivity index (χ1n) is 9.12. The van der Waals surface area contributed by atoms with Gasteiger partial charge in [-0.1, -0.05) is 36.4 Å². The van der Waals surface area contributed by atoms with Gasteiger partial charge in [-0.2, -0.15) is 5.10 Å². The maximum atomic E-state index is 13.0. The van der Waals surface area contributed by atoms with E-state index in [0.717, 1.165) is 5.56 Å². The maximum absolute atomic E-state index is 13.0. The second-order valence-corrected chi connectivity index (χ2v) is 6.57. The molecule has 3 rings (SSSR count). The van der Waals surface area contributed by atoms with Gasteiger partial charge >= 0.3 is 0 Å². The summed E-state index contributed by atoms with van der Waals surface area (Å²) in [5.41, 5.74) is 6.91. The van der Waals surface area contributed by atoms with Gasteiger partial charge in [0.15, 0.2) is 0 Å². The highest BCUT2D eigenvalue weighted by atomic mass is 16.5. The molecule has 0 spiro atoms. The molecule has 2 heterocycles. The highest BCUT2D eigenvalue weighted by Gasteiger charge is 2.28. The number of ketones is 1. The Morgan fingerprint density at radius 1 is 1.13 bits per heavy atom. The molecule has 1 unspecified atom stereocenters. The zero-order valence-electron chi connectivity index (χ0n) is 16.5. The van der Waals surface area contributed by atoms with Crippen molar-refractivity contribution >= 4 is 17.6 Å². The minimum absolute atomic E-state index is 0.126. The molecule has 154 valence electrons. The number of pyridine rings is 1. The van der Waals surface area contributed by atoms with Gasteiger partial charge in [-0.3, -0.25) is 19.1 Å². The van der Waals surface area contributed by atoms with Crippen LogP contribution in [0.25, 0.3) is 11.4 Å². The number of carbonyl (C=O) groups is 3. The average Bonchev–Trinajstić information content (AvgIpc) is 3.15. The molecule has 0 fully saturated rings. The van der Waals surface area contributed by atoms with Crippen LogP contribution in [0.1, 0.15) is 15.9 Å². The van der Waals surface area contributed by atoms with Crippen LogP contribution in [0, 0.1) is 0 Å². The van der Waals surface area contributed by atoms with Gasteiger partial charge in [-0.15, -0.1) is 0 Å². The van der Waals surface area contributed by atoms with Gasteiger partial charge in [-0.25, -0.2) is 4.98 Å². The van der Waals surface area contributed by atoms with Crippen molar-refractivity contribution in [1.82, 2.24) is 20.1 Å². The van der Waals surface area contributed by atoms with Gasteiger partial charge in [0.1, 0.15) is 11.7 Å². The number of nitrogens with one attached hydrogen (secondary N) is 1. The number of benzene rings is 1. The smallest absolute Gasteiger partial charge is 0.287 e. The number of hydrogen-bond acceptors (Lipinski definition) is 6. The molecular weight excluding hydrogens is 386 g/mol. The van der Waals surface area contributed by atoms with Gasteiger partial charge in [0, 0.05) is 25.7 Å². The van der Waals surface area contributed by atoms with Crippen LogP contribution in [0.2, 0.25) is 0 Å². The zero-order valence-corrected chi connectivity index (χ0v) is 16.5. The molecule has 2 aromatic heterocycles. The zero-order chi connectivity index (χ0) is 21.7. The highest BCUT2D eigenvalue weighted by Crippen LogP contribution is 2.22. The van der Waals surface area contributed by atoms with Gasteiger partial charge < -0.3 is 15.8 Å². The van der Waals surface area contributed by atoms with E-state index in [9.17, 15) is 14.4 Å². The topological polar surface area (TPSA) is 129 Å². The quantitative estimate of drug-likeness (QED) is 0.534. The number of nitrogens with zero attached hydrogens (tertiary/aromatic N) is 3. The highest BCUT2D eigenvalue weighted by molar-refractivity contribution is 6.38. The van der Waals surface area contributed by atoms with Crippen molar-refractivity contribution in [2.45, 2.75) is 12.5 Å². The third-order valence-electron chi connectivity index (χ3n) is 4.40. The number of hydrogen-bond donors (Lipinski definition) is 2. The van der Waals surface area contributed by atoms with Crippen molar-refractivity contribution in [3.8, 4) is 17.3 Å². The lowest BCUT2D eigenvalue weighted by atomic mass is 10.0. The summed E-state index contributed by atoms with van der Waals surface area (Å²) in [5.74, 6) is -2.19. The lowest BCUT2D eigenvalue weighted by Gasteiger charge is -2.16. The molecule has 9 nitrogen and oxygen atoms in total. The van der Waals surface area contributed by atoms with E-state index in [1.54, 1.807) is 49.5 Å². The molecule has 0 aliphatic rings. The third kappa shape index (κ3) is 4.69. The van der Waals surface area contributed by atoms with E-state index in [2.05, 4.69) is 15.4 Å². The molecule has 3 N–H and O–H groups in total. The van der Waals surface area contributed by atoms with E-state index in [0.29, 0.717) is 17.3 Å². The maximum Gasteiger partial charge on any atom is 0.287 e. The summed E-state index contributed by atoms with van der Waals surface area (Å²) >= 11 is 0. The van der Waals surface area contributed by atoms with Crippen molar-refractivity contribution in [2.75, 3.05) is 7.11 Å². The Bertz CT molecular complexity index is 1080. The number of ether oxygens (including phenoxy) is 1. The Kier molecular flexibility index (Phi) is 6.21. The first-order valence-corrected chi connectivity index (χ1v) is 9.12. The molecule has 30 heavy (non-hydrogen) atoms.